The van der Waals surface area contributed by atoms with Crippen molar-refractivity contribution in [3.05, 3.63) is 52.4 Å². The number of thioether (sulfide) groups is 1. The molecule has 156 valence electrons. The van der Waals surface area contributed by atoms with Crippen molar-refractivity contribution in [1.29, 1.82) is 0 Å². The van der Waals surface area contributed by atoms with Gasteiger partial charge >= 0.3 is 0 Å². The highest BCUT2D eigenvalue weighted by Gasteiger charge is 2.25. The molecule has 2 aromatic heterocycles. The summed E-state index contributed by atoms with van der Waals surface area (Å²) in [5, 5.41) is 5.20. The van der Waals surface area contributed by atoms with Gasteiger partial charge in [0.25, 0.3) is 11.1 Å². The van der Waals surface area contributed by atoms with Gasteiger partial charge in [0, 0.05) is 25.0 Å². The molecule has 0 unspecified atom stereocenters. The Kier molecular flexibility index (Phi) is 6.39. The van der Waals surface area contributed by atoms with Crippen LogP contribution in [0.2, 0.25) is 0 Å². The average Bonchev–Trinajstić information content (AvgIpc) is 3.04. The molecular weight excluding hydrogens is 400 g/mol. The van der Waals surface area contributed by atoms with Crippen LogP contribution in [0.3, 0.4) is 0 Å². The van der Waals surface area contributed by atoms with Gasteiger partial charge in [0.05, 0.1) is 16.3 Å². The number of nitrogens with zero attached hydrogens (tertiary/aromatic N) is 4. The normalized spacial score (nSPS) is 19.3. The van der Waals surface area contributed by atoms with Crippen molar-refractivity contribution < 1.29 is 9.59 Å². The van der Waals surface area contributed by atoms with E-state index >= 15 is 0 Å². The molecule has 30 heavy (non-hydrogen) atoms. The van der Waals surface area contributed by atoms with Gasteiger partial charge in [-0.2, -0.15) is 0 Å². The number of hydrogen-bond acceptors (Lipinski definition) is 8. The second-order valence-electron chi connectivity index (χ2n) is 7.53. The standard InChI is InChI=1S/C21H24N6O2S/c1-14-3-2-4-17(24-14)13-27-9-6-15(7-10-27)12-23-20-22-8-5-16(25-20)11-18-19(28)26-21(29)30-18/h2-5,8,11,15H,6-7,9-10,12-13H2,1H3,(H,22,23,25)(H,26,28,29)/b18-11-. The zero-order valence-electron chi connectivity index (χ0n) is 16.8. The maximum atomic E-state index is 11.7. The molecule has 2 N–H and O–H groups in total. The Bertz CT molecular complexity index is 971. The van der Waals surface area contributed by atoms with E-state index in [0.29, 0.717) is 22.5 Å². The molecule has 0 aromatic carbocycles. The monoisotopic (exact) mass is 424 g/mol. The molecule has 2 fully saturated rings. The highest BCUT2D eigenvalue weighted by atomic mass is 32.2. The van der Waals surface area contributed by atoms with E-state index in [1.165, 1.54) is 0 Å². The molecule has 0 atom stereocenters. The predicted octanol–water partition coefficient (Wildman–Crippen LogP) is 2.83. The molecule has 2 saturated heterocycles. The second-order valence-corrected chi connectivity index (χ2v) is 8.54. The first kappa shape index (κ1) is 20.5. The van der Waals surface area contributed by atoms with E-state index in [1.54, 1.807) is 18.3 Å². The van der Waals surface area contributed by atoms with Crippen LogP contribution in [0.1, 0.15) is 29.9 Å². The molecule has 0 aliphatic carbocycles. The van der Waals surface area contributed by atoms with Crippen LogP contribution in [-0.2, 0) is 11.3 Å². The summed E-state index contributed by atoms with van der Waals surface area (Å²) in [6.45, 7) is 5.83. The van der Waals surface area contributed by atoms with E-state index in [2.05, 4.69) is 42.6 Å². The lowest BCUT2D eigenvalue weighted by atomic mass is 9.96. The zero-order valence-corrected chi connectivity index (χ0v) is 17.6. The van der Waals surface area contributed by atoms with Crippen LogP contribution in [0.4, 0.5) is 10.7 Å². The minimum atomic E-state index is -0.384. The number of amides is 2. The molecule has 8 nitrogen and oxygen atoms in total. The summed E-state index contributed by atoms with van der Waals surface area (Å²) in [7, 11) is 0. The number of carbonyl (C=O) groups is 2. The molecule has 9 heteroatoms. The van der Waals surface area contributed by atoms with Crippen molar-refractivity contribution in [2.24, 2.45) is 5.92 Å². The molecule has 2 aromatic rings. The number of anilines is 1. The maximum absolute atomic E-state index is 11.7. The molecule has 4 heterocycles. The van der Waals surface area contributed by atoms with Crippen LogP contribution in [0.15, 0.2) is 35.4 Å². The Balaban J connectivity index is 1.26. The molecule has 4 rings (SSSR count). The summed E-state index contributed by atoms with van der Waals surface area (Å²) < 4.78 is 0. The SMILES string of the molecule is Cc1cccc(CN2CCC(CNc3nccc(/C=C4\SC(=O)NC4=O)n3)CC2)n1. The Hall–Kier alpha value is -2.78. The fraction of sp³-hybridized carbons (Fsp3) is 0.381. The minimum Gasteiger partial charge on any atom is -0.354 e. The van der Waals surface area contributed by atoms with Crippen molar-refractivity contribution in [3.63, 3.8) is 0 Å². The molecule has 2 aliphatic heterocycles. The van der Waals surface area contributed by atoms with Crippen LogP contribution in [-0.4, -0.2) is 50.6 Å². The zero-order chi connectivity index (χ0) is 20.9. The molecule has 2 amide bonds. The van der Waals surface area contributed by atoms with Crippen LogP contribution < -0.4 is 10.6 Å². The Morgan fingerprint density at radius 3 is 2.80 bits per heavy atom. The Labute approximate surface area is 179 Å². The highest BCUT2D eigenvalue weighted by Crippen LogP contribution is 2.25. The first-order chi connectivity index (χ1) is 14.5. The molecule has 0 bridgehead atoms. The van der Waals surface area contributed by atoms with Crippen molar-refractivity contribution in [3.8, 4) is 0 Å². The number of aryl methyl sites for hydroxylation is 1. The largest absolute Gasteiger partial charge is 0.354 e. The number of imide groups is 1. The van der Waals surface area contributed by atoms with E-state index in [0.717, 1.165) is 62.2 Å². The summed E-state index contributed by atoms with van der Waals surface area (Å²) in [6.07, 6.45) is 5.48. The van der Waals surface area contributed by atoms with Gasteiger partial charge in [-0.3, -0.25) is 24.8 Å². The number of aromatic nitrogens is 3. The molecule has 0 spiro atoms. The second kappa shape index (κ2) is 9.36. The first-order valence-corrected chi connectivity index (χ1v) is 10.8. The highest BCUT2D eigenvalue weighted by molar-refractivity contribution is 8.18. The van der Waals surface area contributed by atoms with Crippen LogP contribution >= 0.6 is 11.8 Å². The van der Waals surface area contributed by atoms with E-state index in [-0.39, 0.29) is 11.1 Å². The minimum absolute atomic E-state index is 0.347. The fourth-order valence-electron chi connectivity index (χ4n) is 3.59. The first-order valence-electron chi connectivity index (χ1n) is 10.0. The third-order valence-electron chi connectivity index (χ3n) is 5.19. The fourth-order valence-corrected chi connectivity index (χ4v) is 4.26. The average molecular weight is 425 g/mol. The quantitative estimate of drug-likeness (QED) is 0.683. The molecule has 2 aliphatic rings. The van der Waals surface area contributed by atoms with Crippen LogP contribution in [0.5, 0.6) is 0 Å². The van der Waals surface area contributed by atoms with Gasteiger partial charge in [0.15, 0.2) is 0 Å². The summed E-state index contributed by atoms with van der Waals surface area (Å²) >= 11 is 0.883. The van der Waals surface area contributed by atoms with Gasteiger partial charge in [-0.1, -0.05) is 6.07 Å². The summed E-state index contributed by atoms with van der Waals surface area (Å²) in [5.74, 6) is 0.710. The van der Waals surface area contributed by atoms with Gasteiger partial charge in [0.2, 0.25) is 5.95 Å². The predicted molar refractivity (Wildman–Crippen MR) is 117 cm³/mol. The third kappa shape index (κ3) is 5.43. The summed E-state index contributed by atoms with van der Waals surface area (Å²) in [4.78, 5) is 39.1. The number of carbonyl (C=O) groups excluding carboxylic acids is 2. The van der Waals surface area contributed by atoms with E-state index < -0.39 is 0 Å². The summed E-state index contributed by atoms with van der Waals surface area (Å²) in [5.41, 5.74) is 2.78. The third-order valence-corrected chi connectivity index (χ3v) is 6.00. The Morgan fingerprint density at radius 1 is 1.23 bits per heavy atom. The number of piperidine rings is 1. The van der Waals surface area contributed by atoms with Crippen LogP contribution in [0, 0.1) is 12.8 Å². The van der Waals surface area contributed by atoms with E-state index in [4.69, 9.17) is 0 Å². The summed E-state index contributed by atoms with van der Waals surface area (Å²) in [6, 6.07) is 7.89. The smallest absolute Gasteiger partial charge is 0.290 e. The van der Waals surface area contributed by atoms with Crippen molar-refractivity contribution in [2.75, 3.05) is 25.0 Å². The number of rotatable bonds is 6. The number of hydrogen-bond donors (Lipinski definition) is 2. The van der Waals surface area contributed by atoms with Gasteiger partial charge in [-0.15, -0.1) is 0 Å². The van der Waals surface area contributed by atoms with Crippen molar-refractivity contribution in [2.45, 2.75) is 26.3 Å². The van der Waals surface area contributed by atoms with Gasteiger partial charge in [-0.25, -0.2) is 9.97 Å². The van der Waals surface area contributed by atoms with Crippen molar-refractivity contribution >= 4 is 34.9 Å². The van der Waals surface area contributed by atoms with E-state index in [9.17, 15) is 9.59 Å². The number of likely N-dealkylation sites (tertiary alicyclic amines) is 1. The topological polar surface area (TPSA) is 100 Å². The molecule has 0 radical (unpaired) electrons. The maximum Gasteiger partial charge on any atom is 0.290 e. The van der Waals surface area contributed by atoms with Gasteiger partial charge in [-0.05, 0) is 74.8 Å². The lowest BCUT2D eigenvalue weighted by Crippen LogP contribution is -2.35. The van der Waals surface area contributed by atoms with E-state index in [1.807, 2.05) is 13.0 Å². The molecular formula is C21H24N6O2S. The number of nitrogens with one attached hydrogen (secondary N) is 2. The van der Waals surface area contributed by atoms with Gasteiger partial charge < -0.3 is 5.32 Å². The Morgan fingerprint density at radius 2 is 2.07 bits per heavy atom. The number of pyridine rings is 1. The lowest BCUT2D eigenvalue weighted by Gasteiger charge is -2.31. The van der Waals surface area contributed by atoms with Gasteiger partial charge in [0.1, 0.15) is 0 Å². The van der Waals surface area contributed by atoms with Crippen molar-refractivity contribution in [1.82, 2.24) is 25.2 Å². The molecule has 0 saturated carbocycles. The lowest BCUT2D eigenvalue weighted by molar-refractivity contribution is -0.115. The van der Waals surface area contributed by atoms with Crippen LogP contribution in [0.25, 0.3) is 6.08 Å².